The van der Waals surface area contributed by atoms with Gasteiger partial charge in [-0.3, -0.25) is 4.79 Å². The highest BCUT2D eigenvalue weighted by atomic mass is 79.9. The molecular formula is C17H14BrN3O5S. The van der Waals surface area contributed by atoms with Crippen molar-refractivity contribution in [2.24, 2.45) is 0 Å². The third-order valence-electron chi connectivity index (χ3n) is 3.64. The summed E-state index contributed by atoms with van der Waals surface area (Å²) >= 11 is 3.36. The Hall–Kier alpha value is -2.59. The number of hydrogen-bond acceptors (Lipinski definition) is 7. The summed E-state index contributed by atoms with van der Waals surface area (Å²) in [7, 11) is -3.69. The van der Waals surface area contributed by atoms with E-state index in [2.05, 4.69) is 25.9 Å². The highest BCUT2D eigenvalue weighted by Crippen LogP contribution is 2.20. The van der Waals surface area contributed by atoms with Gasteiger partial charge in [0.25, 0.3) is 0 Å². The van der Waals surface area contributed by atoms with Gasteiger partial charge in [0.2, 0.25) is 20.4 Å². The van der Waals surface area contributed by atoms with Crippen molar-refractivity contribution in [3.05, 3.63) is 56.9 Å². The first-order valence-electron chi connectivity index (χ1n) is 7.78. The smallest absolute Gasteiger partial charge is 0.343 e. The lowest BCUT2D eigenvalue weighted by Crippen LogP contribution is -2.22. The third-order valence-corrected chi connectivity index (χ3v) is 4.99. The summed E-state index contributed by atoms with van der Waals surface area (Å²) in [5.74, 6) is -0.777. The molecular weight excluding hydrogens is 438 g/mol. The van der Waals surface area contributed by atoms with Crippen molar-refractivity contribution < 1.29 is 17.9 Å². The van der Waals surface area contributed by atoms with Crippen LogP contribution in [0.4, 0.5) is 0 Å². The van der Waals surface area contributed by atoms with Gasteiger partial charge in [-0.1, -0.05) is 22.0 Å². The molecule has 8 nitrogen and oxygen atoms in total. The van der Waals surface area contributed by atoms with Crippen molar-refractivity contribution in [3.63, 3.8) is 0 Å². The van der Waals surface area contributed by atoms with Crippen LogP contribution < -0.4 is 5.43 Å². The molecule has 3 rings (SSSR count). The monoisotopic (exact) mass is 451 g/mol. The second-order valence-electron chi connectivity index (χ2n) is 5.60. The molecule has 0 atom stereocenters. The Morgan fingerprint density at radius 3 is 2.70 bits per heavy atom. The normalized spacial score (nSPS) is 11.5. The molecule has 0 aliphatic rings. The van der Waals surface area contributed by atoms with Crippen molar-refractivity contribution in [2.75, 3.05) is 12.9 Å². The van der Waals surface area contributed by atoms with Crippen molar-refractivity contribution in [1.29, 1.82) is 0 Å². The fraction of sp³-hybridized carbons (Fsp3) is 0.176. The van der Waals surface area contributed by atoms with E-state index in [-0.39, 0.29) is 23.2 Å². The van der Waals surface area contributed by atoms with Crippen molar-refractivity contribution in [1.82, 2.24) is 14.5 Å². The second-order valence-corrected chi connectivity index (χ2v) is 8.43. The first-order chi connectivity index (χ1) is 12.7. The lowest BCUT2D eigenvalue weighted by molar-refractivity contribution is 0.0524. The Morgan fingerprint density at radius 1 is 1.33 bits per heavy atom. The number of aromatic nitrogens is 3. The van der Waals surface area contributed by atoms with E-state index in [1.807, 2.05) is 0 Å². The zero-order chi connectivity index (χ0) is 19.8. The Bertz CT molecular complexity index is 1220. The molecule has 2 aromatic heterocycles. The summed E-state index contributed by atoms with van der Waals surface area (Å²) in [5.41, 5.74) is -0.186. The molecule has 0 aliphatic heterocycles. The highest BCUT2D eigenvalue weighted by Gasteiger charge is 2.21. The quantitative estimate of drug-likeness (QED) is 0.441. The van der Waals surface area contributed by atoms with Crippen molar-refractivity contribution in [2.45, 2.75) is 12.1 Å². The Labute approximate surface area is 162 Å². The third kappa shape index (κ3) is 3.76. The Balaban J connectivity index is 2.43. The number of pyridine rings is 1. The highest BCUT2D eigenvalue weighted by molar-refractivity contribution is 9.10. The van der Waals surface area contributed by atoms with Gasteiger partial charge in [0.1, 0.15) is 5.56 Å². The minimum absolute atomic E-state index is 0.00734. The predicted molar refractivity (Wildman–Crippen MR) is 102 cm³/mol. The zero-order valence-electron chi connectivity index (χ0n) is 14.3. The first-order valence-corrected chi connectivity index (χ1v) is 10.5. The summed E-state index contributed by atoms with van der Waals surface area (Å²) in [6, 6.07) is 7.02. The zero-order valence-corrected chi connectivity index (χ0v) is 16.7. The van der Waals surface area contributed by atoms with Crippen LogP contribution in [0.2, 0.25) is 0 Å². The van der Waals surface area contributed by atoms with Crippen LogP contribution in [0.1, 0.15) is 17.3 Å². The molecule has 0 fully saturated rings. The molecule has 0 radical (unpaired) electrons. The molecule has 2 heterocycles. The molecule has 1 aromatic carbocycles. The maximum absolute atomic E-state index is 12.7. The van der Waals surface area contributed by atoms with E-state index in [0.29, 0.717) is 5.69 Å². The summed E-state index contributed by atoms with van der Waals surface area (Å²) in [4.78, 5) is 32.7. The summed E-state index contributed by atoms with van der Waals surface area (Å²) in [5, 5.41) is -0.407. The minimum atomic E-state index is -3.69. The van der Waals surface area contributed by atoms with E-state index in [9.17, 15) is 18.0 Å². The fourth-order valence-electron chi connectivity index (χ4n) is 2.45. The molecule has 0 saturated carbocycles. The van der Waals surface area contributed by atoms with Gasteiger partial charge in [0.15, 0.2) is 5.65 Å². The molecule has 0 amide bonds. The van der Waals surface area contributed by atoms with Gasteiger partial charge < -0.3 is 9.30 Å². The average Bonchev–Trinajstić information content (AvgIpc) is 2.61. The van der Waals surface area contributed by atoms with E-state index >= 15 is 0 Å². The van der Waals surface area contributed by atoms with Crippen LogP contribution in [0.3, 0.4) is 0 Å². The second kappa shape index (κ2) is 7.20. The van der Waals surface area contributed by atoms with Crippen LogP contribution >= 0.6 is 15.9 Å². The molecule has 140 valence electrons. The van der Waals surface area contributed by atoms with E-state index in [1.54, 1.807) is 31.2 Å². The number of ether oxygens (including phenoxy) is 1. The van der Waals surface area contributed by atoms with Crippen molar-refractivity contribution >= 4 is 42.8 Å². The molecule has 0 saturated heterocycles. The number of halogens is 1. The fourth-order valence-corrected chi connectivity index (χ4v) is 3.33. The Kier molecular flexibility index (Phi) is 5.11. The number of sulfone groups is 1. The number of fused-ring (bicyclic) bond motifs is 1. The van der Waals surface area contributed by atoms with Crippen LogP contribution in [-0.2, 0) is 14.6 Å². The molecule has 0 N–H and O–H groups in total. The van der Waals surface area contributed by atoms with Crippen molar-refractivity contribution in [3.8, 4) is 5.69 Å². The van der Waals surface area contributed by atoms with Gasteiger partial charge >= 0.3 is 5.97 Å². The van der Waals surface area contributed by atoms with Gasteiger partial charge in [-0.2, -0.15) is 4.98 Å². The molecule has 3 aromatic rings. The number of carbonyl (C=O) groups excluding carboxylic acids is 1. The number of esters is 1. The van der Waals surface area contributed by atoms with E-state index in [4.69, 9.17) is 4.74 Å². The lowest BCUT2D eigenvalue weighted by Gasteiger charge is -2.13. The number of rotatable bonds is 4. The van der Waals surface area contributed by atoms with Gasteiger partial charge in [-0.15, -0.1) is 0 Å². The number of benzene rings is 1. The van der Waals surface area contributed by atoms with Crippen LogP contribution in [-0.4, -0.2) is 41.8 Å². The molecule has 0 bridgehead atoms. The van der Waals surface area contributed by atoms with Crippen LogP contribution in [0.25, 0.3) is 16.7 Å². The van der Waals surface area contributed by atoms with E-state index < -0.39 is 26.4 Å². The SMILES string of the molecule is CCOC(=O)c1cn(-c2cccc(Br)c2)c2nc(S(C)(=O)=O)ncc2c1=O. The number of hydrogen-bond donors (Lipinski definition) is 0. The van der Waals surface area contributed by atoms with Crippen LogP contribution in [0.15, 0.2) is 51.1 Å². The van der Waals surface area contributed by atoms with Crippen LogP contribution in [0.5, 0.6) is 0 Å². The molecule has 10 heteroatoms. The Morgan fingerprint density at radius 2 is 2.07 bits per heavy atom. The van der Waals surface area contributed by atoms with Crippen LogP contribution in [0, 0.1) is 0 Å². The molecule has 27 heavy (non-hydrogen) atoms. The van der Waals surface area contributed by atoms with Gasteiger partial charge in [0.05, 0.1) is 12.0 Å². The lowest BCUT2D eigenvalue weighted by atomic mass is 10.2. The maximum atomic E-state index is 12.7. The number of nitrogens with zero attached hydrogens (tertiary/aromatic N) is 3. The maximum Gasteiger partial charge on any atom is 0.343 e. The summed E-state index contributed by atoms with van der Waals surface area (Å²) in [6.07, 6.45) is 3.38. The standard InChI is InChI=1S/C17H14BrN3O5S/c1-3-26-16(23)13-9-21(11-6-4-5-10(18)7-11)15-12(14(13)22)8-19-17(20-15)27(2,24)25/h4-9H,3H2,1-2H3. The van der Waals surface area contributed by atoms with Gasteiger partial charge in [-0.05, 0) is 25.1 Å². The topological polar surface area (TPSA) is 108 Å². The van der Waals surface area contributed by atoms with Gasteiger partial charge in [-0.25, -0.2) is 18.2 Å². The average molecular weight is 452 g/mol. The minimum Gasteiger partial charge on any atom is -0.462 e. The molecule has 0 unspecified atom stereocenters. The molecule has 0 spiro atoms. The van der Waals surface area contributed by atoms with E-state index in [1.165, 1.54) is 10.8 Å². The summed E-state index contributed by atoms with van der Waals surface area (Å²) in [6.45, 7) is 1.74. The largest absolute Gasteiger partial charge is 0.462 e. The van der Waals surface area contributed by atoms with E-state index in [0.717, 1.165) is 16.9 Å². The molecule has 0 aliphatic carbocycles. The number of carbonyl (C=O) groups is 1. The van der Waals surface area contributed by atoms with Gasteiger partial charge in [0, 0.05) is 28.8 Å². The predicted octanol–water partition coefficient (Wildman–Crippen LogP) is 2.12. The summed E-state index contributed by atoms with van der Waals surface area (Å²) < 4.78 is 30.8. The first kappa shape index (κ1) is 19.2.